The van der Waals surface area contributed by atoms with E-state index < -0.39 is 0 Å². The first-order valence-corrected chi connectivity index (χ1v) is 3.75. The molecule has 0 aromatic heterocycles. The predicted molar refractivity (Wildman–Crippen MR) is 40.9 cm³/mol. The van der Waals surface area contributed by atoms with Crippen LogP contribution in [0.1, 0.15) is 0 Å². The summed E-state index contributed by atoms with van der Waals surface area (Å²) < 4.78 is 0. The largest absolute Gasteiger partial charge is 0.382 e. The maximum atomic E-state index is 8.41. The number of hydrogen-bond donors (Lipinski definition) is 0. The molecule has 0 spiro atoms. The number of nitriles is 1. The Bertz CT molecular complexity index is 144. The molecular weight excluding hydrogens is 132 g/mol. The van der Waals surface area contributed by atoms with Crippen molar-refractivity contribution in [2.45, 2.75) is 0 Å². The highest BCUT2D eigenvalue weighted by molar-refractivity contribution is 8.02. The summed E-state index contributed by atoms with van der Waals surface area (Å²) in [4.78, 5) is 2.59. The molecule has 0 heterocycles. The van der Waals surface area contributed by atoms with E-state index in [0.717, 1.165) is 4.91 Å². The molecule has 3 heteroatoms. The number of nitrogens with zero attached hydrogens (tertiary/aromatic N) is 2. The Balaban J connectivity index is 3.96. The van der Waals surface area contributed by atoms with Crippen LogP contribution in [0, 0.1) is 11.3 Å². The summed E-state index contributed by atoms with van der Waals surface area (Å²) >= 11 is 1.46. The van der Waals surface area contributed by atoms with E-state index >= 15 is 0 Å². The van der Waals surface area contributed by atoms with E-state index in [0.29, 0.717) is 0 Å². The molecule has 0 fully saturated rings. The van der Waals surface area contributed by atoms with Crippen LogP contribution < -0.4 is 0 Å². The van der Waals surface area contributed by atoms with Gasteiger partial charge in [0.2, 0.25) is 0 Å². The van der Waals surface area contributed by atoms with Crippen molar-refractivity contribution in [1.82, 2.24) is 4.90 Å². The molecule has 0 amide bonds. The van der Waals surface area contributed by atoms with Crippen molar-refractivity contribution >= 4 is 11.8 Å². The highest BCUT2D eigenvalue weighted by Crippen LogP contribution is 2.08. The fourth-order valence-electron chi connectivity index (χ4n) is 0.362. The van der Waals surface area contributed by atoms with Crippen molar-refractivity contribution in [3.8, 4) is 6.07 Å². The summed E-state index contributed by atoms with van der Waals surface area (Å²) in [5.74, 6) is 0. The highest BCUT2D eigenvalue weighted by atomic mass is 32.2. The van der Waals surface area contributed by atoms with Crippen LogP contribution in [0.15, 0.2) is 11.1 Å². The Morgan fingerprint density at radius 2 is 2.22 bits per heavy atom. The molecule has 0 atom stereocenters. The summed E-state index contributed by atoms with van der Waals surface area (Å²) in [6, 6.07) is 2.07. The van der Waals surface area contributed by atoms with Gasteiger partial charge in [-0.25, -0.2) is 0 Å². The first-order valence-electron chi connectivity index (χ1n) is 2.53. The second-order valence-corrected chi connectivity index (χ2v) is 2.62. The lowest BCUT2D eigenvalue weighted by atomic mass is 10.6. The first kappa shape index (κ1) is 8.38. The Hall–Kier alpha value is -0.620. The summed E-state index contributed by atoms with van der Waals surface area (Å²) in [5.41, 5.74) is 0. The van der Waals surface area contributed by atoms with Crippen LogP contribution in [-0.4, -0.2) is 25.3 Å². The average Bonchev–Trinajstić information content (AvgIpc) is 1.82. The minimum atomic E-state index is 0.736. The van der Waals surface area contributed by atoms with Gasteiger partial charge < -0.3 is 4.90 Å². The van der Waals surface area contributed by atoms with Crippen LogP contribution in [0.4, 0.5) is 0 Å². The second-order valence-electron chi connectivity index (χ2n) is 1.77. The van der Waals surface area contributed by atoms with Crippen molar-refractivity contribution in [2.75, 3.05) is 20.4 Å². The van der Waals surface area contributed by atoms with E-state index in [2.05, 4.69) is 6.07 Å². The van der Waals surface area contributed by atoms with Gasteiger partial charge in [-0.3, -0.25) is 0 Å². The first-order chi connectivity index (χ1) is 4.20. The van der Waals surface area contributed by atoms with Gasteiger partial charge in [-0.1, -0.05) is 0 Å². The lowest BCUT2D eigenvalue weighted by Gasteiger charge is -2.03. The Morgan fingerprint density at radius 1 is 1.67 bits per heavy atom. The van der Waals surface area contributed by atoms with Gasteiger partial charge >= 0.3 is 0 Å². The minimum Gasteiger partial charge on any atom is -0.382 e. The van der Waals surface area contributed by atoms with E-state index in [4.69, 9.17) is 5.26 Å². The van der Waals surface area contributed by atoms with Gasteiger partial charge in [0, 0.05) is 20.3 Å². The zero-order valence-corrected chi connectivity index (χ0v) is 6.70. The molecule has 0 N–H and O–H groups in total. The third kappa shape index (κ3) is 3.92. The number of allylic oxidation sites excluding steroid dienone is 1. The average molecular weight is 142 g/mol. The lowest BCUT2D eigenvalue weighted by Crippen LogP contribution is -2.01. The molecule has 2 nitrogen and oxygen atoms in total. The number of hydrogen-bond acceptors (Lipinski definition) is 3. The van der Waals surface area contributed by atoms with Gasteiger partial charge in [-0.2, -0.15) is 5.26 Å². The van der Waals surface area contributed by atoms with Gasteiger partial charge in [0.1, 0.15) is 11.0 Å². The third-order valence-electron chi connectivity index (χ3n) is 0.706. The summed E-state index contributed by atoms with van der Waals surface area (Å²) in [5, 5.41) is 8.41. The molecule has 0 aliphatic heterocycles. The van der Waals surface area contributed by atoms with E-state index in [-0.39, 0.29) is 0 Å². The summed E-state index contributed by atoms with van der Waals surface area (Å²) in [7, 11) is 3.79. The van der Waals surface area contributed by atoms with E-state index in [1.807, 2.05) is 25.3 Å². The molecule has 0 saturated carbocycles. The predicted octanol–water partition coefficient (Wildman–Crippen LogP) is 1.28. The molecule has 50 valence electrons. The normalized spacial score (nSPS) is 10.7. The Kier molecular flexibility index (Phi) is 3.98. The molecule has 0 saturated heterocycles. The molecular formula is C6H10N2S. The maximum Gasteiger partial charge on any atom is 0.108 e. The van der Waals surface area contributed by atoms with Gasteiger partial charge in [0.15, 0.2) is 0 Å². The monoisotopic (exact) mass is 142 g/mol. The van der Waals surface area contributed by atoms with E-state index in [9.17, 15) is 0 Å². The molecule has 0 aliphatic rings. The topological polar surface area (TPSA) is 27.0 Å². The van der Waals surface area contributed by atoms with Gasteiger partial charge in [-0.15, -0.1) is 11.8 Å². The molecule has 9 heavy (non-hydrogen) atoms. The Labute approximate surface area is 60.1 Å². The van der Waals surface area contributed by atoms with E-state index in [1.165, 1.54) is 11.8 Å². The zero-order valence-electron chi connectivity index (χ0n) is 5.88. The van der Waals surface area contributed by atoms with Crippen LogP contribution in [0.3, 0.4) is 0 Å². The minimum absolute atomic E-state index is 0.736. The van der Waals surface area contributed by atoms with Crippen LogP contribution >= 0.6 is 11.8 Å². The number of thioether (sulfide) groups is 1. The molecule has 0 aliphatic carbocycles. The summed E-state index contributed by atoms with van der Waals surface area (Å²) in [6.07, 6.45) is 3.68. The number of rotatable bonds is 2. The zero-order chi connectivity index (χ0) is 7.28. The van der Waals surface area contributed by atoms with Crippen molar-refractivity contribution in [3.05, 3.63) is 11.1 Å². The van der Waals surface area contributed by atoms with Crippen molar-refractivity contribution in [3.63, 3.8) is 0 Å². The molecule has 0 aromatic rings. The fourth-order valence-corrected chi connectivity index (χ4v) is 0.769. The van der Waals surface area contributed by atoms with E-state index in [1.54, 1.807) is 6.20 Å². The fraction of sp³-hybridized carbons (Fsp3) is 0.500. The van der Waals surface area contributed by atoms with Crippen molar-refractivity contribution in [1.29, 1.82) is 5.26 Å². The van der Waals surface area contributed by atoms with Crippen LogP contribution in [-0.2, 0) is 0 Å². The van der Waals surface area contributed by atoms with Gasteiger partial charge in [0.05, 0.1) is 0 Å². The smallest absolute Gasteiger partial charge is 0.108 e. The molecule has 0 aromatic carbocycles. The molecule has 0 radical (unpaired) electrons. The molecule has 0 unspecified atom stereocenters. The lowest BCUT2D eigenvalue weighted by molar-refractivity contribution is 0.563. The SMILES string of the molecule is CSC(C#N)=CN(C)C. The van der Waals surface area contributed by atoms with Crippen LogP contribution in [0.25, 0.3) is 0 Å². The van der Waals surface area contributed by atoms with Crippen molar-refractivity contribution in [2.24, 2.45) is 0 Å². The highest BCUT2D eigenvalue weighted by Gasteiger charge is 1.89. The van der Waals surface area contributed by atoms with Crippen LogP contribution in [0.5, 0.6) is 0 Å². The van der Waals surface area contributed by atoms with Gasteiger partial charge in [0.25, 0.3) is 0 Å². The Morgan fingerprint density at radius 3 is 2.33 bits per heavy atom. The third-order valence-corrected chi connectivity index (χ3v) is 1.34. The van der Waals surface area contributed by atoms with Gasteiger partial charge in [-0.05, 0) is 6.26 Å². The standard InChI is InChI=1S/C6H10N2S/c1-8(2)5-6(4-7)9-3/h5H,1-3H3. The quantitative estimate of drug-likeness (QED) is 0.543. The van der Waals surface area contributed by atoms with Crippen molar-refractivity contribution < 1.29 is 0 Å². The molecule has 0 bridgehead atoms. The molecule has 0 rings (SSSR count). The van der Waals surface area contributed by atoms with Crippen LogP contribution in [0.2, 0.25) is 0 Å². The maximum absolute atomic E-state index is 8.41. The second kappa shape index (κ2) is 4.28. The summed E-state index contributed by atoms with van der Waals surface area (Å²) in [6.45, 7) is 0.